The van der Waals surface area contributed by atoms with Crippen LogP contribution in [0.1, 0.15) is 28.6 Å². The van der Waals surface area contributed by atoms with Crippen LogP contribution in [0.25, 0.3) is 43.6 Å². The van der Waals surface area contributed by atoms with Gasteiger partial charge in [-0.3, -0.25) is 4.79 Å². The number of amides is 1. The zero-order valence-corrected chi connectivity index (χ0v) is 17.6. The van der Waals surface area contributed by atoms with Crippen molar-refractivity contribution in [1.82, 2.24) is 14.5 Å². The number of para-hydroxylation sites is 1. The highest BCUT2D eigenvalue weighted by molar-refractivity contribution is 6.31. The number of carbonyl (C=O) groups excluding carboxylic acids is 1. The van der Waals surface area contributed by atoms with Gasteiger partial charge in [0.05, 0.1) is 36.2 Å². The number of aliphatic hydroxyl groups is 1. The summed E-state index contributed by atoms with van der Waals surface area (Å²) >= 11 is 0. The van der Waals surface area contributed by atoms with Crippen molar-refractivity contribution >= 4 is 49.5 Å². The molecule has 32 heavy (non-hydrogen) atoms. The van der Waals surface area contributed by atoms with E-state index in [9.17, 15) is 15.2 Å². The van der Waals surface area contributed by atoms with Crippen molar-refractivity contribution in [2.24, 2.45) is 7.05 Å². The Bertz CT molecular complexity index is 1650. The molecule has 7 nitrogen and oxygen atoms in total. The van der Waals surface area contributed by atoms with Crippen molar-refractivity contribution in [1.29, 1.82) is 5.26 Å². The molecule has 2 N–H and O–H groups in total. The Hall–Kier alpha value is -4.02. The Balaban J connectivity index is 1.97. The predicted octanol–water partition coefficient (Wildman–Crippen LogP) is 4.10. The average Bonchev–Trinajstić information content (AvgIpc) is 3.39. The van der Waals surface area contributed by atoms with Gasteiger partial charge in [0, 0.05) is 51.7 Å². The van der Waals surface area contributed by atoms with Gasteiger partial charge < -0.3 is 24.3 Å². The molecular formula is C25H20N4O3. The number of ether oxygens (including phenoxy) is 1. The lowest BCUT2D eigenvalue weighted by molar-refractivity contribution is 0.0853. The molecule has 3 aromatic carbocycles. The fraction of sp³-hybridized carbons (Fsp3) is 0.200. The lowest BCUT2D eigenvalue weighted by Gasteiger charge is -2.11. The number of carbonyl (C=O) groups is 1. The highest BCUT2D eigenvalue weighted by Crippen LogP contribution is 2.47. The van der Waals surface area contributed by atoms with Gasteiger partial charge in [-0.15, -0.1) is 0 Å². The third-order valence-corrected chi connectivity index (χ3v) is 6.61. The third-order valence-electron chi connectivity index (χ3n) is 6.61. The van der Waals surface area contributed by atoms with Crippen molar-refractivity contribution in [3.8, 4) is 11.8 Å². The molecule has 3 heterocycles. The summed E-state index contributed by atoms with van der Waals surface area (Å²) in [6, 6.07) is 16.0. The van der Waals surface area contributed by atoms with Crippen LogP contribution in [0.5, 0.6) is 5.75 Å². The average molecular weight is 424 g/mol. The summed E-state index contributed by atoms with van der Waals surface area (Å²) < 4.78 is 9.70. The van der Waals surface area contributed by atoms with E-state index in [2.05, 4.69) is 20.5 Å². The maximum absolute atomic E-state index is 13.1. The molecule has 158 valence electrons. The minimum absolute atomic E-state index is 0.297. The molecule has 0 fully saturated rings. The lowest BCUT2D eigenvalue weighted by Crippen LogP contribution is -2.18. The van der Waals surface area contributed by atoms with Gasteiger partial charge in [0.15, 0.2) is 6.23 Å². The first kappa shape index (κ1) is 18.7. The van der Waals surface area contributed by atoms with Crippen LogP contribution in [0.2, 0.25) is 0 Å². The first-order valence-electron chi connectivity index (χ1n) is 10.5. The number of aromatic nitrogens is 2. The molecule has 0 saturated carbocycles. The Labute approximate surface area is 183 Å². The largest absolute Gasteiger partial charge is 0.497 e. The maximum atomic E-state index is 13.1. The van der Waals surface area contributed by atoms with E-state index in [1.807, 2.05) is 49.5 Å². The predicted molar refractivity (Wildman–Crippen MR) is 123 cm³/mol. The van der Waals surface area contributed by atoms with E-state index in [-0.39, 0.29) is 5.91 Å². The van der Waals surface area contributed by atoms with Crippen LogP contribution in [-0.2, 0) is 13.6 Å². The smallest absolute Gasteiger partial charge is 0.254 e. The Morgan fingerprint density at radius 1 is 1.12 bits per heavy atom. The fourth-order valence-electron chi connectivity index (χ4n) is 5.33. The SMILES string of the molecule is COc1ccc2c(c1)c1c3c(c4c5ccccc5n(C)c4c1n2CCC#N)C(O)NC3=O. The number of aliphatic hydroxyl groups excluding tert-OH is 1. The summed E-state index contributed by atoms with van der Waals surface area (Å²) in [5.41, 5.74) is 4.86. The van der Waals surface area contributed by atoms with Crippen molar-refractivity contribution in [2.75, 3.05) is 7.11 Å². The number of aryl methyl sites for hydroxylation is 2. The van der Waals surface area contributed by atoms with E-state index in [1.54, 1.807) is 7.11 Å². The minimum Gasteiger partial charge on any atom is -0.497 e. The van der Waals surface area contributed by atoms with Crippen molar-refractivity contribution < 1.29 is 14.6 Å². The molecule has 0 saturated heterocycles. The molecule has 1 amide bonds. The highest BCUT2D eigenvalue weighted by atomic mass is 16.5. The monoisotopic (exact) mass is 424 g/mol. The molecular weight excluding hydrogens is 404 g/mol. The number of nitriles is 1. The molecule has 0 spiro atoms. The molecule has 1 unspecified atom stereocenters. The summed E-state index contributed by atoms with van der Waals surface area (Å²) in [6.07, 6.45) is -0.749. The zero-order chi connectivity index (χ0) is 22.1. The third kappa shape index (κ3) is 2.19. The number of benzene rings is 3. The quantitative estimate of drug-likeness (QED) is 0.456. The summed E-state index contributed by atoms with van der Waals surface area (Å²) in [5.74, 6) is 0.385. The molecule has 1 aliphatic rings. The topological polar surface area (TPSA) is 92.2 Å². The molecule has 7 heteroatoms. The van der Waals surface area contributed by atoms with Gasteiger partial charge in [-0.05, 0) is 24.3 Å². The second-order valence-electron chi connectivity index (χ2n) is 8.13. The molecule has 0 radical (unpaired) electrons. The molecule has 5 aromatic rings. The van der Waals surface area contributed by atoms with E-state index in [0.717, 1.165) is 43.6 Å². The second-order valence-corrected chi connectivity index (χ2v) is 8.13. The van der Waals surface area contributed by atoms with Gasteiger partial charge in [-0.1, -0.05) is 18.2 Å². The van der Waals surface area contributed by atoms with Crippen LogP contribution in [0.4, 0.5) is 0 Å². The van der Waals surface area contributed by atoms with Gasteiger partial charge in [0.25, 0.3) is 5.91 Å². The van der Waals surface area contributed by atoms with Gasteiger partial charge in [0.2, 0.25) is 0 Å². The summed E-state index contributed by atoms with van der Waals surface area (Å²) in [5, 5.41) is 26.4. The summed E-state index contributed by atoms with van der Waals surface area (Å²) in [7, 11) is 3.61. The molecule has 1 aliphatic heterocycles. The van der Waals surface area contributed by atoms with Crippen LogP contribution in [0.15, 0.2) is 42.5 Å². The van der Waals surface area contributed by atoms with E-state index < -0.39 is 6.23 Å². The van der Waals surface area contributed by atoms with Crippen LogP contribution in [0, 0.1) is 11.3 Å². The molecule has 6 rings (SSSR count). The number of hydrogen-bond acceptors (Lipinski definition) is 4. The van der Waals surface area contributed by atoms with E-state index in [0.29, 0.717) is 29.8 Å². The van der Waals surface area contributed by atoms with Crippen LogP contribution < -0.4 is 10.1 Å². The highest BCUT2D eigenvalue weighted by Gasteiger charge is 2.36. The molecule has 0 bridgehead atoms. The Morgan fingerprint density at radius 2 is 1.94 bits per heavy atom. The van der Waals surface area contributed by atoms with E-state index in [4.69, 9.17) is 4.74 Å². The minimum atomic E-state index is -1.08. The van der Waals surface area contributed by atoms with Gasteiger partial charge in [-0.2, -0.15) is 5.26 Å². The number of methoxy groups -OCH3 is 1. The Kier molecular flexibility index (Phi) is 3.80. The fourth-order valence-corrected chi connectivity index (χ4v) is 5.33. The number of hydrogen-bond donors (Lipinski definition) is 2. The first-order valence-corrected chi connectivity index (χ1v) is 10.5. The maximum Gasteiger partial charge on any atom is 0.254 e. The molecule has 1 atom stereocenters. The van der Waals surface area contributed by atoms with Gasteiger partial charge >= 0.3 is 0 Å². The van der Waals surface area contributed by atoms with E-state index in [1.165, 1.54) is 0 Å². The number of fused-ring (bicyclic) bond motifs is 10. The second kappa shape index (κ2) is 6.49. The van der Waals surface area contributed by atoms with Crippen LogP contribution >= 0.6 is 0 Å². The number of nitrogens with zero attached hydrogens (tertiary/aromatic N) is 3. The Morgan fingerprint density at radius 3 is 2.72 bits per heavy atom. The molecule has 2 aromatic heterocycles. The van der Waals surface area contributed by atoms with E-state index >= 15 is 0 Å². The van der Waals surface area contributed by atoms with Crippen molar-refractivity contribution in [3.05, 3.63) is 53.6 Å². The van der Waals surface area contributed by atoms with Crippen molar-refractivity contribution in [2.45, 2.75) is 19.2 Å². The van der Waals surface area contributed by atoms with Gasteiger partial charge in [0.1, 0.15) is 5.75 Å². The van der Waals surface area contributed by atoms with Crippen LogP contribution in [0.3, 0.4) is 0 Å². The number of rotatable bonds is 3. The van der Waals surface area contributed by atoms with Gasteiger partial charge in [-0.25, -0.2) is 0 Å². The lowest BCUT2D eigenvalue weighted by atomic mass is 9.96. The zero-order valence-electron chi connectivity index (χ0n) is 17.6. The summed E-state index contributed by atoms with van der Waals surface area (Å²) in [6.45, 7) is 0.489. The number of nitrogens with one attached hydrogen (secondary N) is 1. The standard InChI is InChI=1S/C25H20N4O3/c1-28-16-7-4-3-6-14(16)18-20-21(25(31)27-24(20)30)19-15-12-13(32-2)8-9-17(15)29(11-5-10-26)23(19)22(18)28/h3-4,6-9,12,24,30H,5,11H2,1-2H3,(H,27,31). The summed E-state index contributed by atoms with van der Waals surface area (Å²) in [4.78, 5) is 13.1. The molecule has 0 aliphatic carbocycles. The first-order chi connectivity index (χ1) is 15.6. The van der Waals surface area contributed by atoms with Crippen LogP contribution in [-0.4, -0.2) is 27.3 Å². The van der Waals surface area contributed by atoms with Crippen molar-refractivity contribution in [3.63, 3.8) is 0 Å². The normalized spacial score (nSPS) is 15.6.